The van der Waals surface area contributed by atoms with Gasteiger partial charge in [-0.25, -0.2) is 0 Å². The lowest BCUT2D eigenvalue weighted by atomic mass is 9.96. The van der Waals surface area contributed by atoms with Crippen molar-refractivity contribution >= 4 is 11.6 Å². The van der Waals surface area contributed by atoms with Gasteiger partial charge in [0.15, 0.2) is 0 Å². The fourth-order valence-electron chi connectivity index (χ4n) is 2.10. The Labute approximate surface area is 121 Å². The van der Waals surface area contributed by atoms with Crippen molar-refractivity contribution in [3.63, 3.8) is 0 Å². The first-order valence-electron chi connectivity index (χ1n) is 6.66. The average molecular weight is 301 g/mol. The number of nitrogens with one attached hydrogen (secondary N) is 1. The molecule has 0 saturated carbocycles. The fourth-order valence-corrected chi connectivity index (χ4v) is 2.10. The molecular weight excluding hydrogens is 283 g/mol. The maximum Gasteiger partial charge on any atom is 0.433 e. The second-order valence-electron chi connectivity index (χ2n) is 6.24. The number of carbonyl (C=O) groups excluding carboxylic acids is 1. The standard InChI is InChI=1S/C14H18F3N3O/c1-13(2,3)19-12(21)9-7-20(8-9)10-4-5-18-11(6-10)14(15,16)17/h4-6,9H,7-8H2,1-3H3,(H,19,21). The van der Waals surface area contributed by atoms with Gasteiger partial charge in [0.1, 0.15) is 5.69 Å². The van der Waals surface area contributed by atoms with E-state index in [-0.39, 0.29) is 17.4 Å². The quantitative estimate of drug-likeness (QED) is 0.912. The lowest BCUT2D eigenvalue weighted by Gasteiger charge is -2.41. The molecule has 2 heterocycles. The molecule has 1 aliphatic rings. The molecule has 7 heteroatoms. The molecule has 1 N–H and O–H groups in total. The van der Waals surface area contributed by atoms with E-state index < -0.39 is 11.9 Å². The summed E-state index contributed by atoms with van der Waals surface area (Å²) in [4.78, 5) is 17.0. The predicted molar refractivity (Wildman–Crippen MR) is 72.8 cm³/mol. The first-order valence-corrected chi connectivity index (χ1v) is 6.66. The van der Waals surface area contributed by atoms with Gasteiger partial charge in [0.25, 0.3) is 0 Å². The molecule has 1 aliphatic heterocycles. The van der Waals surface area contributed by atoms with E-state index in [1.165, 1.54) is 6.07 Å². The van der Waals surface area contributed by atoms with Crippen molar-refractivity contribution in [3.8, 4) is 0 Å². The Hall–Kier alpha value is -1.79. The minimum atomic E-state index is -4.45. The highest BCUT2D eigenvalue weighted by atomic mass is 19.4. The second-order valence-corrected chi connectivity index (χ2v) is 6.24. The Kier molecular flexibility index (Phi) is 3.86. The third-order valence-electron chi connectivity index (χ3n) is 3.15. The SMILES string of the molecule is CC(C)(C)NC(=O)C1CN(c2ccnc(C(F)(F)F)c2)C1. The Morgan fingerprint density at radius 3 is 2.48 bits per heavy atom. The first-order chi connectivity index (χ1) is 9.56. The minimum absolute atomic E-state index is 0.0659. The van der Waals surface area contributed by atoms with Gasteiger partial charge in [0.05, 0.1) is 5.92 Å². The molecule has 0 aliphatic carbocycles. The number of amides is 1. The van der Waals surface area contributed by atoms with E-state index in [2.05, 4.69) is 10.3 Å². The van der Waals surface area contributed by atoms with Crippen LogP contribution in [0, 0.1) is 5.92 Å². The largest absolute Gasteiger partial charge is 0.433 e. The van der Waals surface area contributed by atoms with E-state index in [4.69, 9.17) is 0 Å². The first kappa shape index (κ1) is 15.6. The third kappa shape index (κ3) is 3.86. The number of pyridine rings is 1. The molecule has 4 nitrogen and oxygen atoms in total. The van der Waals surface area contributed by atoms with Crippen LogP contribution in [0.3, 0.4) is 0 Å². The number of carbonyl (C=O) groups is 1. The van der Waals surface area contributed by atoms with E-state index >= 15 is 0 Å². The zero-order chi connectivity index (χ0) is 15.8. The van der Waals surface area contributed by atoms with E-state index in [0.717, 1.165) is 12.3 Å². The Bertz CT molecular complexity index is 531. The number of hydrogen-bond acceptors (Lipinski definition) is 3. The smallest absolute Gasteiger partial charge is 0.370 e. The van der Waals surface area contributed by atoms with Crippen LogP contribution in [0.15, 0.2) is 18.3 Å². The molecule has 0 spiro atoms. The molecule has 0 atom stereocenters. The van der Waals surface area contributed by atoms with Gasteiger partial charge in [-0.3, -0.25) is 9.78 Å². The molecule has 1 amide bonds. The summed E-state index contributed by atoms with van der Waals surface area (Å²) in [6.07, 6.45) is -3.31. The molecule has 116 valence electrons. The number of alkyl halides is 3. The van der Waals surface area contributed by atoms with Gasteiger partial charge in [0.2, 0.25) is 5.91 Å². The van der Waals surface area contributed by atoms with E-state index in [1.807, 2.05) is 20.8 Å². The summed E-state index contributed by atoms with van der Waals surface area (Å²) in [5.41, 5.74) is -0.780. The number of anilines is 1. The average Bonchev–Trinajstić information content (AvgIpc) is 2.23. The van der Waals surface area contributed by atoms with Crippen molar-refractivity contribution < 1.29 is 18.0 Å². The summed E-state index contributed by atoms with van der Waals surface area (Å²) in [5, 5.41) is 2.87. The summed E-state index contributed by atoms with van der Waals surface area (Å²) < 4.78 is 37.8. The van der Waals surface area contributed by atoms with Gasteiger partial charge in [-0.15, -0.1) is 0 Å². The van der Waals surface area contributed by atoms with Crippen LogP contribution in [0.2, 0.25) is 0 Å². The Morgan fingerprint density at radius 2 is 1.95 bits per heavy atom. The zero-order valence-electron chi connectivity index (χ0n) is 12.2. The summed E-state index contributed by atoms with van der Waals surface area (Å²) in [7, 11) is 0. The molecule has 1 saturated heterocycles. The van der Waals surface area contributed by atoms with Crippen molar-refractivity contribution in [2.24, 2.45) is 5.92 Å². The van der Waals surface area contributed by atoms with Crippen LogP contribution in [-0.2, 0) is 11.0 Å². The molecule has 1 aromatic heterocycles. The van der Waals surface area contributed by atoms with Crippen LogP contribution in [0.5, 0.6) is 0 Å². The number of nitrogens with zero attached hydrogens (tertiary/aromatic N) is 2. The van der Waals surface area contributed by atoms with Gasteiger partial charge in [-0.2, -0.15) is 13.2 Å². The van der Waals surface area contributed by atoms with Gasteiger partial charge < -0.3 is 10.2 Å². The van der Waals surface area contributed by atoms with Crippen LogP contribution in [0.25, 0.3) is 0 Å². The molecule has 2 rings (SSSR count). The molecule has 21 heavy (non-hydrogen) atoms. The lowest BCUT2D eigenvalue weighted by Crippen LogP contribution is -2.56. The fraction of sp³-hybridized carbons (Fsp3) is 0.571. The van der Waals surface area contributed by atoms with Gasteiger partial charge in [0, 0.05) is 30.5 Å². The van der Waals surface area contributed by atoms with Gasteiger partial charge in [-0.1, -0.05) is 0 Å². The number of aromatic nitrogens is 1. The maximum atomic E-state index is 12.6. The molecule has 1 aromatic rings. The highest BCUT2D eigenvalue weighted by Gasteiger charge is 2.36. The number of rotatable bonds is 2. The van der Waals surface area contributed by atoms with Crippen molar-refractivity contribution in [2.75, 3.05) is 18.0 Å². The number of halogens is 3. The maximum absolute atomic E-state index is 12.6. The summed E-state index contributed by atoms with van der Waals surface area (Å²) in [6, 6.07) is 2.53. The van der Waals surface area contributed by atoms with Crippen LogP contribution < -0.4 is 10.2 Å². The summed E-state index contributed by atoms with van der Waals surface area (Å²) >= 11 is 0. The van der Waals surface area contributed by atoms with Crippen LogP contribution >= 0.6 is 0 Å². The van der Waals surface area contributed by atoms with Crippen molar-refractivity contribution in [2.45, 2.75) is 32.5 Å². The normalized spacial score (nSPS) is 16.6. The van der Waals surface area contributed by atoms with E-state index in [1.54, 1.807) is 4.90 Å². The lowest BCUT2D eigenvalue weighted by molar-refractivity contribution is -0.141. The van der Waals surface area contributed by atoms with Crippen molar-refractivity contribution in [1.82, 2.24) is 10.3 Å². The molecule has 0 unspecified atom stereocenters. The molecule has 0 aromatic carbocycles. The Morgan fingerprint density at radius 1 is 1.33 bits per heavy atom. The summed E-state index contributed by atoms with van der Waals surface area (Å²) in [6.45, 7) is 6.51. The third-order valence-corrected chi connectivity index (χ3v) is 3.15. The highest BCUT2D eigenvalue weighted by Crippen LogP contribution is 2.32. The summed E-state index contributed by atoms with van der Waals surface area (Å²) in [5.74, 6) is -0.254. The van der Waals surface area contributed by atoms with Crippen LogP contribution in [-0.4, -0.2) is 29.5 Å². The van der Waals surface area contributed by atoms with Gasteiger partial charge in [-0.05, 0) is 32.9 Å². The predicted octanol–water partition coefficient (Wildman–Crippen LogP) is 2.45. The van der Waals surface area contributed by atoms with E-state index in [0.29, 0.717) is 18.8 Å². The molecular formula is C14H18F3N3O. The number of hydrogen-bond donors (Lipinski definition) is 1. The zero-order valence-corrected chi connectivity index (χ0v) is 12.2. The topological polar surface area (TPSA) is 45.2 Å². The van der Waals surface area contributed by atoms with Crippen molar-refractivity contribution in [3.05, 3.63) is 24.0 Å². The molecule has 1 fully saturated rings. The Balaban J connectivity index is 1.97. The monoisotopic (exact) mass is 301 g/mol. The second kappa shape index (κ2) is 5.20. The molecule has 0 radical (unpaired) electrons. The molecule has 0 bridgehead atoms. The highest BCUT2D eigenvalue weighted by molar-refractivity contribution is 5.82. The minimum Gasteiger partial charge on any atom is -0.370 e. The van der Waals surface area contributed by atoms with Crippen molar-refractivity contribution in [1.29, 1.82) is 0 Å². The van der Waals surface area contributed by atoms with Gasteiger partial charge >= 0.3 is 6.18 Å². The van der Waals surface area contributed by atoms with E-state index in [9.17, 15) is 18.0 Å². The van der Waals surface area contributed by atoms with Crippen LogP contribution in [0.1, 0.15) is 26.5 Å². The van der Waals surface area contributed by atoms with Crippen LogP contribution in [0.4, 0.5) is 18.9 Å².